The van der Waals surface area contributed by atoms with Crippen molar-refractivity contribution in [3.8, 4) is 23.0 Å². The second-order valence-corrected chi connectivity index (χ2v) is 9.67. The predicted molar refractivity (Wildman–Crippen MR) is 130 cm³/mol. The van der Waals surface area contributed by atoms with Crippen LogP contribution in [0.15, 0.2) is 71.6 Å². The van der Waals surface area contributed by atoms with E-state index in [1.807, 2.05) is 12.1 Å². The van der Waals surface area contributed by atoms with Crippen LogP contribution in [0.1, 0.15) is 0 Å². The number of hydrogen-bond donors (Lipinski definition) is 1. The van der Waals surface area contributed by atoms with E-state index in [2.05, 4.69) is 5.32 Å². The van der Waals surface area contributed by atoms with Gasteiger partial charge in [0.25, 0.3) is 10.0 Å². The molecule has 1 aliphatic heterocycles. The first-order valence-electron chi connectivity index (χ1n) is 11.0. The van der Waals surface area contributed by atoms with Crippen LogP contribution in [0.4, 0.5) is 10.1 Å². The number of nitrogens with one attached hydrogen (secondary N) is 1. The van der Waals surface area contributed by atoms with Gasteiger partial charge < -0.3 is 24.3 Å². The number of fused-ring (bicyclic) bond motifs is 1. The number of halogens is 1. The van der Waals surface area contributed by atoms with E-state index >= 15 is 0 Å². The highest BCUT2D eigenvalue weighted by Gasteiger charge is 2.29. The summed E-state index contributed by atoms with van der Waals surface area (Å²) < 4.78 is 63.5. The van der Waals surface area contributed by atoms with Crippen molar-refractivity contribution in [2.45, 2.75) is 11.0 Å². The lowest BCUT2D eigenvalue weighted by atomic mass is 10.2. The molecule has 9 nitrogen and oxygen atoms in total. The van der Waals surface area contributed by atoms with Gasteiger partial charge in [-0.05, 0) is 48.5 Å². The molecule has 1 N–H and O–H groups in total. The van der Waals surface area contributed by atoms with Crippen molar-refractivity contribution in [2.24, 2.45) is 0 Å². The molecule has 1 unspecified atom stereocenters. The molecule has 0 saturated carbocycles. The molecule has 1 amide bonds. The average Bonchev–Trinajstić information content (AvgIpc) is 2.90. The summed E-state index contributed by atoms with van der Waals surface area (Å²) in [7, 11) is -1.43. The molecule has 3 aromatic carbocycles. The van der Waals surface area contributed by atoms with Gasteiger partial charge in [0, 0.05) is 6.07 Å². The Labute approximate surface area is 208 Å². The van der Waals surface area contributed by atoms with Crippen molar-refractivity contribution in [1.82, 2.24) is 5.32 Å². The Hall–Kier alpha value is -3.99. The fourth-order valence-corrected chi connectivity index (χ4v) is 5.04. The number of carbonyl (C=O) groups excluding carboxylic acids is 1. The molecule has 11 heteroatoms. The fraction of sp³-hybridized carbons (Fsp3) is 0.240. The maximum absolute atomic E-state index is 13.6. The number of sulfonamides is 1. The van der Waals surface area contributed by atoms with Gasteiger partial charge in [-0.1, -0.05) is 12.1 Å². The molecule has 3 aromatic rings. The Bertz CT molecular complexity index is 1330. The van der Waals surface area contributed by atoms with E-state index in [9.17, 15) is 17.6 Å². The third-order valence-electron chi connectivity index (χ3n) is 5.44. The molecule has 1 atom stereocenters. The molecule has 0 spiro atoms. The zero-order valence-corrected chi connectivity index (χ0v) is 20.5. The molecule has 190 valence electrons. The zero-order chi connectivity index (χ0) is 25.7. The average molecular weight is 517 g/mol. The molecule has 0 radical (unpaired) electrons. The Morgan fingerprint density at radius 1 is 1.03 bits per heavy atom. The smallest absolute Gasteiger partial charge is 0.264 e. The van der Waals surface area contributed by atoms with E-state index in [1.54, 1.807) is 12.1 Å². The lowest BCUT2D eigenvalue weighted by Crippen LogP contribution is -2.45. The lowest BCUT2D eigenvalue weighted by Gasteiger charge is -2.27. The lowest BCUT2D eigenvalue weighted by molar-refractivity contribution is -0.120. The van der Waals surface area contributed by atoms with Crippen LogP contribution in [0, 0.1) is 5.82 Å². The predicted octanol–water partition coefficient (Wildman–Crippen LogP) is 2.99. The summed E-state index contributed by atoms with van der Waals surface area (Å²) in [4.78, 5) is 12.7. The Morgan fingerprint density at radius 3 is 2.42 bits per heavy atom. The van der Waals surface area contributed by atoms with Gasteiger partial charge in [-0.2, -0.15) is 0 Å². The molecule has 0 aliphatic carbocycles. The molecule has 1 heterocycles. The minimum atomic E-state index is -4.24. The van der Waals surface area contributed by atoms with Crippen molar-refractivity contribution in [3.05, 3.63) is 72.5 Å². The molecular formula is C25H25FN2O7S. The van der Waals surface area contributed by atoms with Crippen molar-refractivity contribution >= 4 is 21.6 Å². The number of methoxy groups -OCH3 is 2. The summed E-state index contributed by atoms with van der Waals surface area (Å²) in [6.07, 6.45) is -0.453. The SMILES string of the molecule is COc1ccc(S(=O)(=O)N(CC(=O)NCC2COc3ccccc3O2)c2ccc(F)cc2)cc1OC. The quantitative estimate of drug-likeness (QED) is 0.466. The van der Waals surface area contributed by atoms with Crippen molar-refractivity contribution in [3.63, 3.8) is 0 Å². The molecule has 0 aromatic heterocycles. The number of rotatable bonds is 9. The first kappa shape index (κ1) is 25.1. The summed E-state index contributed by atoms with van der Waals surface area (Å²) in [6, 6.07) is 16.1. The number of nitrogens with zero attached hydrogens (tertiary/aromatic N) is 1. The number of benzene rings is 3. The van der Waals surface area contributed by atoms with Gasteiger partial charge >= 0.3 is 0 Å². The van der Waals surface area contributed by atoms with Gasteiger partial charge in [-0.3, -0.25) is 9.10 Å². The molecule has 0 saturated heterocycles. The second kappa shape index (κ2) is 10.7. The minimum absolute atomic E-state index is 0.0980. The van der Waals surface area contributed by atoms with E-state index in [-0.39, 0.29) is 29.5 Å². The molecule has 4 rings (SSSR count). The summed E-state index contributed by atoms with van der Waals surface area (Å²) >= 11 is 0. The molecule has 1 aliphatic rings. The summed E-state index contributed by atoms with van der Waals surface area (Å²) in [5.41, 5.74) is 0.118. The Morgan fingerprint density at radius 2 is 1.72 bits per heavy atom. The number of carbonyl (C=O) groups is 1. The van der Waals surface area contributed by atoms with Gasteiger partial charge in [0.15, 0.2) is 23.0 Å². The highest BCUT2D eigenvalue weighted by molar-refractivity contribution is 7.92. The topological polar surface area (TPSA) is 103 Å². The van der Waals surface area contributed by atoms with Crippen molar-refractivity contribution in [2.75, 3.05) is 38.2 Å². The van der Waals surface area contributed by atoms with E-state index in [1.165, 1.54) is 44.6 Å². The second-order valence-electron chi connectivity index (χ2n) is 7.81. The molecular weight excluding hydrogens is 491 g/mol. The van der Waals surface area contributed by atoms with E-state index < -0.39 is 34.4 Å². The molecule has 0 fully saturated rings. The summed E-state index contributed by atoms with van der Waals surface area (Å²) in [5.74, 6) is 0.610. The number of amides is 1. The van der Waals surface area contributed by atoms with Gasteiger partial charge in [0.05, 0.1) is 31.3 Å². The Balaban J connectivity index is 1.53. The van der Waals surface area contributed by atoms with Crippen LogP contribution in [0.2, 0.25) is 0 Å². The fourth-order valence-electron chi connectivity index (χ4n) is 3.60. The van der Waals surface area contributed by atoms with Crippen LogP contribution < -0.4 is 28.6 Å². The minimum Gasteiger partial charge on any atom is -0.493 e. The third kappa shape index (κ3) is 5.46. The van der Waals surface area contributed by atoms with Crippen LogP contribution in [0.25, 0.3) is 0 Å². The summed E-state index contributed by atoms with van der Waals surface area (Å²) in [6.45, 7) is -0.226. The van der Waals surface area contributed by atoms with Crippen molar-refractivity contribution < 1.29 is 36.6 Å². The maximum atomic E-state index is 13.6. The highest BCUT2D eigenvalue weighted by atomic mass is 32.2. The highest BCUT2D eigenvalue weighted by Crippen LogP contribution is 2.33. The van der Waals surface area contributed by atoms with Crippen LogP contribution in [-0.2, 0) is 14.8 Å². The van der Waals surface area contributed by atoms with Crippen LogP contribution >= 0.6 is 0 Å². The van der Waals surface area contributed by atoms with Gasteiger partial charge in [-0.25, -0.2) is 12.8 Å². The standard InChI is InChI=1S/C25H25FN2O7S/c1-32-21-12-11-20(13-24(21)33-2)36(30,31)28(18-9-7-17(26)8-10-18)15-25(29)27-14-19-16-34-22-5-3-4-6-23(22)35-19/h3-13,19H,14-16H2,1-2H3,(H,27,29). The first-order valence-corrected chi connectivity index (χ1v) is 12.4. The van der Waals surface area contributed by atoms with E-state index in [0.29, 0.717) is 17.2 Å². The summed E-state index contributed by atoms with van der Waals surface area (Å²) in [5, 5.41) is 2.69. The third-order valence-corrected chi connectivity index (χ3v) is 7.21. The van der Waals surface area contributed by atoms with E-state index in [0.717, 1.165) is 16.4 Å². The number of ether oxygens (including phenoxy) is 4. The maximum Gasteiger partial charge on any atom is 0.264 e. The van der Waals surface area contributed by atoms with Gasteiger partial charge in [0.2, 0.25) is 5.91 Å². The van der Waals surface area contributed by atoms with Gasteiger partial charge in [0.1, 0.15) is 25.1 Å². The van der Waals surface area contributed by atoms with Crippen LogP contribution in [0.3, 0.4) is 0 Å². The van der Waals surface area contributed by atoms with Gasteiger partial charge in [-0.15, -0.1) is 0 Å². The van der Waals surface area contributed by atoms with Crippen molar-refractivity contribution in [1.29, 1.82) is 0 Å². The molecule has 36 heavy (non-hydrogen) atoms. The first-order chi connectivity index (χ1) is 17.3. The Kier molecular flexibility index (Phi) is 7.49. The number of para-hydroxylation sites is 2. The van der Waals surface area contributed by atoms with Crippen LogP contribution in [-0.4, -0.2) is 54.3 Å². The monoisotopic (exact) mass is 516 g/mol. The number of hydrogen-bond acceptors (Lipinski definition) is 7. The molecule has 0 bridgehead atoms. The number of anilines is 1. The van der Waals surface area contributed by atoms with E-state index in [4.69, 9.17) is 18.9 Å². The van der Waals surface area contributed by atoms with Crippen LogP contribution in [0.5, 0.6) is 23.0 Å². The normalized spacial score (nSPS) is 14.6. The largest absolute Gasteiger partial charge is 0.493 e. The zero-order valence-electron chi connectivity index (χ0n) is 19.6.